The summed E-state index contributed by atoms with van der Waals surface area (Å²) in [6.45, 7) is 2.75. The number of aliphatic hydroxyl groups is 1. The zero-order chi connectivity index (χ0) is 13.1. The second kappa shape index (κ2) is 5.35. The van der Waals surface area contributed by atoms with Crippen LogP contribution in [0.25, 0.3) is 0 Å². The molecule has 1 aliphatic heterocycles. The lowest BCUT2D eigenvalue weighted by Gasteiger charge is -2.19. The van der Waals surface area contributed by atoms with E-state index < -0.39 is 6.61 Å². The largest absolute Gasteiger partial charge is 0.387 e. The number of benzene rings is 1. The summed E-state index contributed by atoms with van der Waals surface area (Å²) in [7, 11) is 0. The minimum absolute atomic E-state index is 0.0516. The monoisotopic (exact) mass is 252 g/mol. The quantitative estimate of drug-likeness (QED) is 0.835. The van der Waals surface area contributed by atoms with Gasteiger partial charge in [0.15, 0.2) is 0 Å². The molecule has 5 heteroatoms. The van der Waals surface area contributed by atoms with Gasteiger partial charge in [-0.3, -0.25) is 4.79 Å². The molecule has 1 aromatic carbocycles. The van der Waals surface area contributed by atoms with Gasteiger partial charge in [0, 0.05) is 13.1 Å². The van der Waals surface area contributed by atoms with Crippen molar-refractivity contribution in [1.29, 1.82) is 0 Å². The molecule has 0 aliphatic carbocycles. The molecule has 0 radical (unpaired) electrons. The summed E-state index contributed by atoms with van der Waals surface area (Å²) < 4.78 is 13.7. The van der Waals surface area contributed by atoms with Crippen molar-refractivity contribution in [2.24, 2.45) is 5.92 Å². The van der Waals surface area contributed by atoms with Crippen LogP contribution in [0.4, 0.5) is 10.1 Å². The maximum Gasteiger partial charge on any atom is 0.245 e. The topological polar surface area (TPSA) is 52.6 Å². The Morgan fingerprint density at radius 1 is 1.50 bits per heavy atom. The molecule has 1 aromatic rings. The fourth-order valence-corrected chi connectivity index (χ4v) is 2.31. The number of para-hydroxylation sites is 1. The molecule has 1 aliphatic rings. The smallest absolute Gasteiger partial charge is 0.245 e. The van der Waals surface area contributed by atoms with Gasteiger partial charge in [0.2, 0.25) is 5.91 Å². The first-order chi connectivity index (χ1) is 8.61. The fourth-order valence-electron chi connectivity index (χ4n) is 2.31. The average molecular weight is 252 g/mol. The SMILES string of the molecule is CC1CN(c2ccccc2F)CC1NC(=O)CO. The fraction of sp³-hybridized carbons (Fsp3) is 0.462. The van der Waals surface area contributed by atoms with E-state index in [1.165, 1.54) is 6.07 Å². The molecule has 2 rings (SSSR count). The van der Waals surface area contributed by atoms with Crippen molar-refractivity contribution in [3.05, 3.63) is 30.1 Å². The van der Waals surface area contributed by atoms with Crippen molar-refractivity contribution in [1.82, 2.24) is 5.32 Å². The number of hydrogen-bond acceptors (Lipinski definition) is 3. The molecule has 1 heterocycles. The number of carbonyl (C=O) groups excluding carboxylic acids is 1. The number of amides is 1. The van der Waals surface area contributed by atoms with Crippen molar-refractivity contribution in [3.8, 4) is 0 Å². The molecule has 2 N–H and O–H groups in total. The highest BCUT2D eigenvalue weighted by molar-refractivity contribution is 5.77. The van der Waals surface area contributed by atoms with Crippen LogP contribution < -0.4 is 10.2 Å². The van der Waals surface area contributed by atoms with Gasteiger partial charge in [-0.1, -0.05) is 19.1 Å². The predicted molar refractivity (Wildman–Crippen MR) is 66.8 cm³/mol. The zero-order valence-electron chi connectivity index (χ0n) is 10.3. The van der Waals surface area contributed by atoms with E-state index in [9.17, 15) is 9.18 Å². The normalized spacial score (nSPS) is 23.2. The summed E-state index contributed by atoms with van der Waals surface area (Å²) in [4.78, 5) is 13.1. The Hall–Kier alpha value is -1.62. The van der Waals surface area contributed by atoms with Gasteiger partial charge in [-0.2, -0.15) is 0 Å². The van der Waals surface area contributed by atoms with Crippen molar-refractivity contribution in [3.63, 3.8) is 0 Å². The number of halogens is 1. The molecule has 2 atom stereocenters. The molecule has 1 fully saturated rings. The van der Waals surface area contributed by atoms with Crippen LogP contribution in [-0.2, 0) is 4.79 Å². The van der Waals surface area contributed by atoms with Crippen molar-refractivity contribution >= 4 is 11.6 Å². The van der Waals surface area contributed by atoms with Crippen LogP contribution in [0.3, 0.4) is 0 Å². The molecule has 0 bridgehead atoms. The first-order valence-corrected chi connectivity index (χ1v) is 6.01. The Balaban J connectivity index is 2.07. The minimum atomic E-state index is -0.511. The van der Waals surface area contributed by atoms with Gasteiger partial charge in [-0.25, -0.2) is 4.39 Å². The Bertz CT molecular complexity index is 439. The molecule has 0 aromatic heterocycles. The zero-order valence-corrected chi connectivity index (χ0v) is 10.3. The molecule has 0 spiro atoms. The van der Waals surface area contributed by atoms with Crippen LogP contribution in [0.5, 0.6) is 0 Å². The van der Waals surface area contributed by atoms with E-state index >= 15 is 0 Å². The summed E-state index contributed by atoms with van der Waals surface area (Å²) in [5, 5.41) is 11.5. The predicted octanol–water partition coefficient (Wildman–Crippen LogP) is 0.759. The third-order valence-electron chi connectivity index (χ3n) is 3.30. The highest BCUT2D eigenvalue weighted by Gasteiger charge is 2.31. The van der Waals surface area contributed by atoms with Crippen molar-refractivity contribution in [2.75, 3.05) is 24.6 Å². The molecule has 1 saturated heterocycles. The molecule has 1 amide bonds. The third kappa shape index (κ3) is 2.61. The van der Waals surface area contributed by atoms with Crippen LogP contribution in [-0.4, -0.2) is 36.8 Å². The summed E-state index contributed by atoms with van der Waals surface area (Å²) in [5.74, 6) is -0.416. The molecule has 98 valence electrons. The number of anilines is 1. The first kappa shape index (κ1) is 12.8. The standard InChI is InChI=1S/C13H17FN2O2/c1-9-6-16(7-11(9)15-13(18)8-17)12-5-3-2-4-10(12)14/h2-5,9,11,17H,6-8H2,1H3,(H,15,18). The van der Waals surface area contributed by atoms with Crippen LogP contribution in [0.2, 0.25) is 0 Å². The van der Waals surface area contributed by atoms with E-state index in [0.717, 1.165) is 0 Å². The number of aliphatic hydroxyl groups excluding tert-OH is 1. The third-order valence-corrected chi connectivity index (χ3v) is 3.30. The van der Waals surface area contributed by atoms with E-state index in [4.69, 9.17) is 5.11 Å². The number of rotatable bonds is 3. The second-order valence-electron chi connectivity index (χ2n) is 4.67. The minimum Gasteiger partial charge on any atom is -0.387 e. The summed E-state index contributed by atoms with van der Waals surface area (Å²) in [5.41, 5.74) is 0.560. The Morgan fingerprint density at radius 2 is 2.22 bits per heavy atom. The van der Waals surface area contributed by atoms with Crippen molar-refractivity contribution < 1.29 is 14.3 Å². The maximum atomic E-state index is 13.7. The van der Waals surface area contributed by atoms with Gasteiger partial charge >= 0.3 is 0 Å². The first-order valence-electron chi connectivity index (χ1n) is 6.01. The van der Waals surface area contributed by atoms with Gasteiger partial charge in [0.1, 0.15) is 12.4 Å². The van der Waals surface area contributed by atoms with Crippen LogP contribution in [0.15, 0.2) is 24.3 Å². The van der Waals surface area contributed by atoms with E-state index in [-0.39, 0.29) is 23.7 Å². The summed E-state index contributed by atoms with van der Waals surface area (Å²) in [6.07, 6.45) is 0. The Kier molecular flexibility index (Phi) is 3.81. The number of hydrogen-bond donors (Lipinski definition) is 2. The maximum absolute atomic E-state index is 13.7. The molecule has 4 nitrogen and oxygen atoms in total. The number of nitrogens with one attached hydrogen (secondary N) is 1. The van der Waals surface area contributed by atoms with Gasteiger partial charge in [-0.05, 0) is 18.1 Å². The van der Waals surface area contributed by atoms with E-state index in [0.29, 0.717) is 18.8 Å². The van der Waals surface area contributed by atoms with Gasteiger partial charge < -0.3 is 15.3 Å². The van der Waals surface area contributed by atoms with Crippen molar-refractivity contribution in [2.45, 2.75) is 13.0 Å². The van der Waals surface area contributed by atoms with E-state index in [1.807, 2.05) is 11.8 Å². The average Bonchev–Trinajstić information content (AvgIpc) is 2.71. The van der Waals surface area contributed by atoms with Gasteiger partial charge in [-0.15, -0.1) is 0 Å². The van der Waals surface area contributed by atoms with E-state index in [2.05, 4.69) is 5.32 Å². The lowest BCUT2D eigenvalue weighted by atomic mass is 10.1. The molecule has 2 unspecified atom stereocenters. The van der Waals surface area contributed by atoms with Gasteiger partial charge in [0.25, 0.3) is 0 Å². The van der Waals surface area contributed by atoms with Crippen LogP contribution >= 0.6 is 0 Å². The lowest BCUT2D eigenvalue weighted by Crippen LogP contribution is -2.41. The number of carbonyl (C=O) groups is 1. The second-order valence-corrected chi connectivity index (χ2v) is 4.67. The highest BCUT2D eigenvalue weighted by Crippen LogP contribution is 2.26. The lowest BCUT2D eigenvalue weighted by molar-refractivity contribution is -0.124. The summed E-state index contributed by atoms with van der Waals surface area (Å²) in [6, 6.07) is 6.56. The Morgan fingerprint density at radius 3 is 2.89 bits per heavy atom. The molecular formula is C13H17FN2O2. The van der Waals surface area contributed by atoms with E-state index in [1.54, 1.807) is 18.2 Å². The van der Waals surface area contributed by atoms with Crippen LogP contribution in [0.1, 0.15) is 6.92 Å². The Labute approximate surface area is 105 Å². The van der Waals surface area contributed by atoms with Crippen LogP contribution in [0, 0.1) is 11.7 Å². The highest BCUT2D eigenvalue weighted by atomic mass is 19.1. The van der Waals surface area contributed by atoms with Gasteiger partial charge in [0.05, 0.1) is 11.7 Å². The molecular weight excluding hydrogens is 235 g/mol. The molecule has 18 heavy (non-hydrogen) atoms. The summed E-state index contributed by atoms with van der Waals surface area (Å²) >= 11 is 0. The molecule has 0 saturated carbocycles. The number of nitrogens with zero attached hydrogens (tertiary/aromatic N) is 1.